The van der Waals surface area contributed by atoms with Crippen molar-refractivity contribution in [3.8, 4) is 0 Å². The normalized spacial score (nSPS) is 29.6. The van der Waals surface area contributed by atoms with Gasteiger partial charge in [-0.2, -0.15) is 0 Å². The number of likely N-dealkylation sites (tertiary alicyclic amines) is 1. The number of fused-ring (bicyclic) bond motifs is 1. The fourth-order valence-electron chi connectivity index (χ4n) is 4.41. The molecule has 130 valence electrons. The molecule has 0 radical (unpaired) electrons. The van der Waals surface area contributed by atoms with Crippen LogP contribution in [0.15, 0.2) is 30.3 Å². The van der Waals surface area contributed by atoms with Crippen LogP contribution in [0.5, 0.6) is 0 Å². The molecular formula is C19H26N2O3. The first-order chi connectivity index (χ1) is 11.7. The Kier molecular flexibility index (Phi) is 4.33. The Morgan fingerprint density at radius 1 is 1.21 bits per heavy atom. The number of morpholine rings is 1. The Hall–Kier alpha value is -1.43. The highest BCUT2D eigenvalue weighted by Gasteiger charge is 2.48. The number of amides is 1. The molecule has 0 aromatic heterocycles. The first-order valence-corrected chi connectivity index (χ1v) is 9.07. The van der Waals surface area contributed by atoms with E-state index in [1.807, 2.05) is 11.0 Å². The predicted octanol–water partition coefficient (Wildman–Crippen LogP) is 1.40. The number of benzene rings is 1. The zero-order chi connectivity index (χ0) is 16.6. The van der Waals surface area contributed by atoms with Gasteiger partial charge < -0.3 is 14.7 Å². The van der Waals surface area contributed by atoms with Crippen LogP contribution in [0.3, 0.4) is 0 Å². The lowest BCUT2D eigenvalue weighted by molar-refractivity contribution is -0.150. The number of carbonyl (C=O) groups excluding carboxylic acids is 1. The summed E-state index contributed by atoms with van der Waals surface area (Å²) in [7, 11) is 0. The van der Waals surface area contributed by atoms with Crippen molar-refractivity contribution in [2.24, 2.45) is 0 Å². The van der Waals surface area contributed by atoms with E-state index >= 15 is 0 Å². The lowest BCUT2D eigenvalue weighted by Gasteiger charge is -2.36. The highest BCUT2D eigenvalue weighted by molar-refractivity contribution is 5.85. The van der Waals surface area contributed by atoms with Gasteiger partial charge in [0.1, 0.15) is 5.60 Å². The largest absolute Gasteiger partial charge is 0.380 e. The molecule has 1 aliphatic carbocycles. The van der Waals surface area contributed by atoms with Crippen LogP contribution in [-0.4, -0.2) is 64.8 Å². The molecule has 3 aliphatic rings. The third kappa shape index (κ3) is 2.96. The molecule has 0 unspecified atom stereocenters. The van der Waals surface area contributed by atoms with Crippen LogP contribution in [0.2, 0.25) is 0 Å². The van der Waals surface area contributed by atoms with Gasteiger partial charge in [0.2, 0.25) is 0 Å². The van der Waals surface area contributed by atoms with Gasteiger partial charge in [0.05, 0.1) is 18.8 Å². The Morgan fingerprint density at radius 2 is 1.96 bits per heavy atom. The molecular weight excluding hydrogens is 304 g/mol. The summed E-state index contributed by atoms with van der Waals surface area (Å²) < 4.78 is 5.93. The van der Waals surface area contributed by atoms with Crippen molar-refractivity contribution in [1.29, 1.82) is 0 Å². The summed E-state index contributed by atoms with van der Waals surface area (Å²) in [6.45, 7) is 3.76. The minimum Gasteiger partial charge on any atom is -0.380 e. The Labute approximate surface area is 143 Å². The number of ether oxygens (including phenoxy) is 1. The van der Waals surface area contributed by atoms with Crippen LogP contribution in [0, 0.1) is 0 Å². The maximum absolute atomic E-state index is 12.8. The van der Waals surface area contributed by atoms with Gasteiger partial charge in [-0.25, -0.2) is 0 Å². The molecule has 5 nitrogen and oxygen atoms in total. The number of aliphatic hydroxyl groups is 1. The quantitative estimate of drug-likeness (QED) is 0.910. The number of nitrogens with zero attached hydrogens (tertiary/aromatic N) is 2. The molecule has 2 saturated heterocycles. The molecule has 2 aliphatic heterocycles. The minimum absolute atomic E-state index is 0.0661. The van der Waals surface area contributed by atoms with Gasteiger partial charge in [-0.3, -0.25) is 9.69 Å². The third-order valence-corrected chi connectivity index (χ3v) is 5.76. The van der Waals surface area contributed by atoms with Crippen molar-refractivity contribution in [2.45, 2.75) is 50.0 Å². The van der Waals surface area contributed by atoms with Gasteiger partial charge in [-0.15, -0.1) is 0 Å². The van der Waals surface area contributed by atoms with Crippen molar-refractivity contribution in [3.05, 3.63) is 35.9 Å². The summed E-state index contributed by atoms with van der Waals surface area (Å²) in [6.07, 6.45) is 3.16. The zero-order valence-corrected chi connectivity index (χ0v) is 14.1. The standard InChI is InChI=1S/C19H26N2O3/c22-18(19(23)8-4-5-9-19)21-13-16-17(14-21)24-11-10-20(16)12-15-6-2-1-3-7-15/h1-3,6-7,16-17,23H,4-5,8-14H2/t16-,17-/m1/s1. The lowest BCUT2D eigenvalue weighted by Crippen LogP contribution is -2.50. The summed E-state index contributed by atoms with van der Waals surface area (Å²) in [5.41, 5.74) is 0.162. The van der Waals surface area contributed by atoms with Gasteiger partial charge in [0.25, 0.3) is 5.91 Å². The molecule has 1 amide bonds. The fourth-order valence-corrected chi connectivity index (χ4v) is 4.41. The molecule has 2 heterocycles. The van der Waals surface area contributed by atoms with Crippen molar-refractivity contribution in [3.63, 3.8) is 0 Å². The number of carbonyl (C=O) groups is 1. The monoisotopic (exact) mass is 330 g/mol. The van der Waals surface area contributed by atoms with E-state index in [0.29, 0.717) is 32.5 Å². The van der Waals surface area contributed by atoms with E-state index < -0.39 is 5.60 Å². The van der Waals surface area contributed by atoms with E-state index in [-0.39, 0.29) is 18.1 Å². The Morgan fingerprint density at radius 3 is 2.71 bits per heavy atom. The summed E-state index contributed by atoms with van der Waals surface area (Å²) in [5, 5.41) is 10.6. The molecule has 5 heteroatoms. The van der Waals surface area contributed by atoms with E-state index in [9.17, 15) is 9.90 Å². The molecule has 4 rings (SSSR count). The average Bonchev–Trinajstić information content (AvgIpc) is 3.23. The first kappa shape index (κ1) is 16.1. The molecule has 24 heavy (non-hydrogen) atoms. The van der Waals surface area contributed by atoms with E-state index in [0.717, 1.165) is 25.9 Å². The zero-order valence-electron chi connectivity index (χ0n) is 14.1. The van der Waals surface area contributed by atoms with Gasteiger partial charge in [0, 0.05) is 26.2 Å². The van der Waals surface area contributed by atoms with Crippen LogP contribution in [0.1, 0.15) is 31.2 Å². The Bertz CT molecular complexity index is 586. The molecule has 1 aromatic carbocycles. The molecule has 2 atom stereocenters. The van der Waals surface area contributed by atoms with Gasteiger partial charge in [-0.1, -0.05) is 30.3 Å². The number of hydrogen-bond acceptors (Lipinski definition) is 4. The van der Waals surface area contributed by atoms with E-state index in [4.69, 9.17) is 4.74 Å². The van der Waals surface area contributed by atoms with E-state index in [2.05, 4.69) is 29.2 Å². The van der Waals surface area contributed by atoms with Crippen molar-refractivity contribution in [1.82, 2.24) is 9.80 Å². The average molecular weight is 330 g/mol. The van der Waals surface area contributed by atoms with Gasteiger partial charge in [0.15, 0.2) is 0 Å². The number of rotatable bonds is 3. The van der Waals surface area contributed by atoms with Crippen molar-refractivity contribution < 1.29 is 14.6 Å². The van der Waals surface area contributed by atoms with Crippen LogP contribution in [0.25, 0.3) is 0 Å². The second-order valence-corrected chi connectivity index (χ2v) is 7.38. The second-order valence-electron chi connectivity index (χ2n) is 7.38. The Balaban J connectivity index is 1.45. The molecule has 1 aromatic rings. The molecule has 1 N–H and O–H groups in total. The minimum atomic E-state index is -1.13. The van der Waals surface area contributed by atoms with E-state index in [1.54, 1.807) is 0 Å². The van der Waals surface area contributed by atoms with Crippen molar-refractivity contribution >= 4 is 5.91 Å². The molecule has 0 spiro atoms. The maximum Gasteiger partial charge on any atom is 0.254 e. The van der Waals surface area contributed by atoms with Crippen LogP contribution in [-0.2, 0) is 16.1 Å². The highest BCUT2D eigenvalue weighted by atomic mass is 16.5. The van der Waals surface area contributed by atoms with Crippen LogP contribution in [0.4, 0.5) is 0 Å². The first-order valence-electron chi connectivity index (χ1n) is 9.07. The van der Waals surface area contributed by atoms with Crippen LogP contribution < -0.4 is 0 Å². The fraction of sp³-hybridized carbons (Fsp3) is 0.632. The topological polar surface area (TPSA) is 53.0 Å². The lowest BCUT2D eigenvalue weighted by atomic mass is 10.0. The summed E-state index contributed by atoms with van der Waals surface area (Å²) in [5.74, 6) is -0.0855. The van der Waals surface area contributed by atoms with Crippen molar-refractivity contribution in [2.75, 3.05) is 26.2 Å². The predicted molar refractivity (Wildman–Crippen MR) is 90.4 cm³/mol. The highest BCUT2D eigenvalue weighted by Crippen LogP contribution is 2.33. The molecule has 3 fully saturated rings. The van der Waals surface area contributed by atoms with Crippen LogP contribution >= 0.6 is 0 Å². The molecule has 0 bridgehead atoms. The third-order valence-electron chi connectivity index (χ3n) is 5.76. The number of hydrogen-bond donors (Lipinski definition) is 1. The second kappa shape index (κ2) is 6.47. The van der Waals surface area contributed by atoms with E-state index in [1.165, 1.54) is 5.56 Å². The smallest absolute Gasteiger partial charge is 0.254 e. The van der Waals surface area contributed by atoms with Gasteiger partial charge >= 0.3 is 0 Å². The summed E-state index contributed by atoms with van der Waals surface area (Å²) >= 11 is 0. The summed E-state index contributed by atoms with van der Waals surface area (Å²) in [4.78, 5) is 17.0. The maximum atomic E-state index is 12.8. The molecule has 1 saturated carbocycles. The SMILES string of the molecule is O=C(N1C[C@@H]2[C@@H](C1)OCCN2Cc1ccccc1)C1(O)CCCC1. The summed E-state index contributed by atoms with van der Waals surface area (Å²) in [6, 6.07) is 10.7. The van der Waals surface area contributed by atoms with Gasteiger partial charge in [-0.05, 0) is 31.2 Å².